The lowest BCUT2D eigenvalue weighted by Gasteiger charge is -2.06. The molecule has 25 heavy (non-hydrogen) atoms. The van der Waals surface area contributed by atoms with Crippen LogP contribution in [-0.2, 0) is 11.3 Å². The molecule has 1 aromatic carbocycles. The van der Waals surface area contributed by atoms with Gasteiger partial charge in [0.05, 0.1) is 6.54 Å². The third-order valence-electron chi connectivity index (χ3n) is 3.73. The van der Waals surface area contributed by atoms with Crippen molar-refractivity contribution in [3.8, 4) is 0 Å². The van der Waals surface area contributed by atoms with Gasteiger partial charge in [0.25, 0.3) is 5.91 Å². The van der Waals surface area contributed by atoms with E-state index < -0.39 is 0 Å². The van der Waals surface area contributed by atoms with E-state index in [9.17, 15) is 9.59 Å². The van der Waals surface area contributed by atoms with Gasteiger partial charge < -0.3 is 10.6 Å². The van der Waals surface area contributed by atoms with E-state index >= 15 is 0 Å². The molecule has 0 aliphatic rings. The molecule has 0 saturated heterocycles. The van der Waals surface area contributed by atoms with Crippen LogP contribution in [0.2, 0.25) is 0 Å². The number of pyridine rings is 1. The third kappa shape index (κ3) is 4.41. The number of amides is 2. The molecule has 2 heterocycles. The predicted octanol–water partition coefficient (Wildman–Crippen LogP) is 1.56. The Morgan fingerprint density at radius 1 is 0.960 bits per heavy atom. The number of nitrogens with zero attached hydrogens (tertiary/aromatic N) is 3. The van der Waals surface area contributed by atoms with Crippen LogP contribution >= 0.6 is 0 Å². The third-order valence-corrected chi connectivity index (χ3v) is 3.73. The van der Waals surface area contributed by atoms with Crippen molar-refractivity contribution in [3.05, 3.63) is 66.1 Å². The van der Waals surface area contributed by atoms with Gasteiger partial charge in [-0.25, -0.2) is 0 Å². The normalized spacial score (nSPS) is 10.6. The number of carbonyl (C=O) groups is 2. The van der Waals surface area contributed by atoms with Crippen LogP contribution in [0, 0.1) is 0 Å². The van der Waals surface area contributed by atoms with Crippen molar-refractivity contribution < 1.29 is 9.59 Å². The zero-order chi connectivity index (χ0) is 17.5. The smallest absolute Gasteiger partial charge is 0.251 e. The van der Waals surface area contributed by atoms with Crippen LogP contribution in [0.4, 0.5) is 0 Å². The number of aromatic nitrogens is 3. The highest BCUT2D eigenvalue weighted by Gasteiger charge is 2.08. The summed E-state index contributed by atoms with van der Waals surface area (Å²) >= 11 is 0. The largest absolute Gasteiger partial charge is 0.352 e. The van der Waals surface area contributed by atoms with Gasteiger partial charge in [0, 0.05) is 24.7 Å². The Labute approximate surface area is 145 Å². The lowest BCUT2D eigenvalue weighted by molar-refractivity contribution is -0.121. The molecule has 7 nitrogen and oxygen atoms in total. The molecule has 2 N–H and O–H groups in total. The molecule has 0 saturated carbocycles. The van der Waals surface area contributed by atoms with Crippen LogP contribution in [0.3, 0.4) is 0 Å². The maximum absolute atomic E-state index is 11.9. The van der Waals surface area contributed by atoms with Gasteiger partial charge in [0.15, 0.2) is 11.5 Å². The first-order valence-electron chi connectivity index (χ1n) is 8.12. The average Bonchev–Trinajstić information content (AvgIpc) is 3.07. The number of fused-ring (bicyclic) bond motifs is 1. The predicted molar refractivity (Wildman–Crippen MR) is 92.8 cm³/mol. The molecule has 0 bridgehead atoms. The Morgan fingerprint density at radius 2 is 1.76 bits per heavy atom. The number of rotatable bonds is 7. The summed E-state index contributed by atoms with van der Waals surface area (Å²) < 4.78 is 1.83. The van der Waals surface area contributed by atoms with Crippen LogP contribution in [0.1, 0.15) is 29.0 Å². The van der Waals surface area contributed by atoms with Gasteiger partial charge in [-0.2, -0.15) is 0 Å². The molecular formula is C18H19N5O2. The first kappa shape index (κ1) is 16.6. The van der Waals surface area contributed by atoms with Crippen molar-refractivity contribution in [1.29, 1.82) is 0 Å². The molecule has 0 spiro atoms. The molecule has 128 valence electrons. The molecule has 0 aliphatic heterocycles. The van der Waals surface area contributed by atoms with Gasteiger partial charge in [-0.1, -0.05) is 24.3 Å². The van der Waals surface area contributed by atoms with E-state index in [0.717, 1.165) is 5.65 Å². The number of nitrogens with one attached hydrogen (secondary N) is 2. The molecule has 2 amide bonds. The summed E-state index contributed by atoms with van der Waals surface area (Å²) in [6.45, 7) is 0.773. The van der Waals surface area contributed by atoms with Gasteiger partial charge in [0.1, 0.15) is 0 Å². The minimum absolute atomic E-state index is 0.0818. The summed E-state index contributed by atoms with van der Waals surface area (Å²) in [6.07, 6.45) is 2.77. The summed E-state index contributed by atoms with van der Waals surface area (Å²) in [5.74, 6) is 0.471. The van der Waals surface area contributed by atoms with Crippen molar-refractivity contribution in [3.63, 3.8) is 0 Å². The zero-order valence-corrected chi connectivity index (χ0v) is 13.7. The highest BCUT2D eigenvalue weighted by Crippen LogP contribution is 2.02. The maximum atomic E-state index is 11.9. The lowest BCUT2D eigenvalue weighted by Crippen LogP contribution is -2.27. The molecule has 3 rings (SSSR count). The number of benzene rings is 1. The molecule has 2 aromatic heterocycles. The first-order chi connectivity index (χ1) is 12.2. The zero-order valence-electron chi connectivity index (χ0n) is 13.7. The minimum atomic E-state index is -0.129. The second kappa shape index (κ2) is 8.05. The van der Waals surface area contributed by atoms with Crippen LogP contribution in [0.25, 0.3) is 5.65 Å². The maximum Gasteiger partial charge on any atom is 0.251 e. The van der Waals surface area contributed by atoms with Crippen molar-refractivity contribution in [2.24, 2.45) is 0 Å². The van der Waals surface area contributed by atoms with E-state index in [-0.39, 0.29) is 11.8 Å². The SMILES string of the molecule is O=C(CCCNC(=O)c1ccccc1)NCc1nnc2ccccn12. The molecule has 0 fully saturated rings. The average molecular weight is 337 g/mol. The molecule has 0 radical (unpaired) electrons. The lowest BCUT2D eigenvalue weighted by atomic mass is 10.2. The Kier molecular flexibility index (Phi) is 5.36. The Balaban J connectivity index is 1.38. The fourth-order valence-corrected chi connectivity index (χ4v) is 2.42. The van der Waals surface area contributed by atoms with Gasteiger partial charge in [-0.3, -0.25) is 14.0 Å². The summed E-state index contributed by atoms with van der Waals surface area (Å²) in [7, 11) is 0. The van der Waals surface area contributed by atoms with Crippen molar-refractivity contribution in [1.82, 2.24) is 25.2 Å². The molecule has 0 atom stereocenters. The summed E-state index contributed by atoms with van der Waals surface area (Å²) in [6, 6.07) is 14.6. The minimum Gasteiger partial charge on any atom is -0.352 e. The monoisotopic (exact) mass is 337 g/mol. The summed E-state index contributed by atoms with van der Waals surface area (Å²) in [5.41, 5.74) is 1.36. The van der Waals surface area contributed by atoms with Crippen molar-refractivity contribution >= 4 is 17.5 Å². The fourth-order valence-electron chi connectivity index (χ4n) is 2.42. The molecule has 0 aliphatic carbocycles. The Hall–Kier alpha value is -3.22. The van der Waals surface area contributed by atoms with E-state index in [1.54, 1.807) is 12.1 Å². The fraction of sp³-hybridized carbons (Fsp3) is 0.222. The number of carbonyl (C=O) groups excluding carboxylic acids is 2. The molecule has 3 aromatic rings. The van der Waals surface area contributed by atoms with E-state index in [0.29, 0.717) is 37.3 Å². The topological polar surface area (TPSA) is 88.4 Å². The van der Waals surface area contributed by atoms with Crippen LogP contribution in [0.15, 0.2) is 54.7 Å². The summed E-state index contributed by atoms with van der Waals surface area (Å²) in [4.78, 5) is 23.8. The van der Waals surface area contributed by atoms with E-state index in [4.69, 9.17) is 0 Å². The van der Waals surface area contributed by atoms with Gasteiger partial charge in [0.2, 0.25) is 5.91 Å². The van der Waals surface area contributed by atoms with Gasteiger partial charge in [-0.15, -0.1) is 10.2 Å². The number of hydrogen-bond donors (Lipinski definition) is 2. The first-order valence-corrected chi connectivity index (χ1v) is 8.12. The van der Waals surface area contributed by atoms with E-state index in [1.165, 1.54) is 0 Å². The standard InChI is InChI=1S/C18H19N5O2/c24-17(10-6-11-19-18(25)14-7-2-1-3-8-14)20-13-16-22-21-15-9-4-5-12-23(15)16/h1-5,7-9,12H,6,10-11,13H2,(H,19,25)(H,20,24). The highest BCUT2D eigenvalue weighted by atomic mass is 16.2. The van der Waals surface area contributed by atoms with E-state index in [1.807, 2.05) is 47.0 Å². The highest BCUT2D eigenvalue weighted by molar-refractivity contribution is 5.94. The summed E-state index contributed by atoms with van der Waals surface area (Å²) in [5, 5.41) is 13.7. The van der Waals surface area contributed by atoms with E-state index in [2.05, 4.69) is 20.8 Å². The van der Waals surface area contributed by atoms with Gasteiger partial charge >= 0.3 is 0 Å². The van der Waals surface area contributed by atoms with Crippen LogP contribution in [-0.4, -0.2) is 33.0 Å². The number of hydrogen-bond acceptors (Lipinski definition) is 4. The second-order valence-corrected chi connectivity index (χ2v) is 5.55. The molecular weight excluding hydrogens is 318 g/mol. The van der Waals surface area contributed by atoms with Crippen molar-refractivity contribution in [2.45, 2.75) is 19.4 Å². The Bertz CT molecular complexity index is 860. The van der Waals surface area contributed by atoms with Crippen LogP contribution in [0.5, 0.6) is 0 Å². The molecule has 0 unspecified atom stereocenters. The van der Waals surface area contributed by atoms with Crippen LogP contribution < -0.4 is 10.6 Å². The second-order valence-electron chi connectivity index (χ2n) is 5.55. The Morgan fingerprint density at radius 3 is 2.60 bits per heavy atom. The molecule has 7 heteroatoms. The quantitative estimate of drug-likeness (QED) is 0.640. The van der Waals surface area contributed by atoms with Crippen molar-refractivity contribution in [2.75, 3.05) is 6.54 Å². The van der Waals surface area contributed by atoms with Gasteiger partial charge in [-0.05, 0) is 30.7 Å².